The molecule has 4 atom stereocenters. The Morgan fingerprint density at radius 3 is 2.10 bits per heavy atom. The zero-order valence-electron chi connectivity index (χ0n) is 16.7. The van der Waals surface area contributed by atoms with Gasteiger partial charge in [-0.2, -0.15) is 0 Å². The Bertz CT molecular complexity index is 1140. The number of benzene rings is 2. The molecule has 2 aromatic rings. The van der Waals surface area contributed by atoms with Gasteiger partial charge in [-0.3, -0.25) is 19.3 Å². The first-order valence-electron chi connectivity index (χ1n) is 10.1. The van der Waals surface area contributed by atoms with E-state index in [0.29, 0.717) is 22.5 Å². The highest BCUT2D eigenvalue weighted by atomic mass is 16.4. The molecule has 2 aliphatic carbocycles. The Balaban J connectivity index is 1.35. The molecule has 2 fully saturated rings. The molecular weight excluding hydrogens is 396 g/mol. The van der Waals surface area contributed by atoms with Gasteiger partial charge in [0.1, 0.15) is 0 Å². The van der Waals surface area contributed by atoms with Crippen LogP contribution in [-0.2, 0) is 9.59 Å². The number of carbonyl (C=O) groups excluding carboxylic acids is 4. The zero-order valence-corrected chi connectivity index (χ0v) is 16.7. The summed E-state index contributed by atoms with van der Waals surface area (Å²) >= 11 is 0. The van der Waals surface area contributed by atoms with Crippen molar-refractivity contribution in [2.75, 3.05) is 10.2 Å². The van der Waals surface area contributed by atoms with Gasteiger partial charge in [0.15, 0.2) is 0 Å². The number of amides is 3. The van der Waals surface area contributed by atoms with Gasteiger partial charge >= 0.3 is 0 Å². The summed E-state index contributed by atoms with van der Waals surface area (Å²) < 4.78 is 0. The third kappa shape index (κ3) is 2.96. The van der Waals surface area contributed by atoms with Crippen LogP contribution in [0.3, 0.4) is 0 Å². The van der Waals surface area contributed by atoms with Crippen LogP contribution in [0.5, 0.6) is 0 Å². The van der Waals surface area contributed by atoms with E-state index in [4.69, 9.17) is 0 Å². The number of hydrogen-bond acceptors (Lipinski definition) is 5. The molecule has 156 valence electrons. The van der Waals surface area contributed by atoms with Crippen molar-refractivity contribution < 1.29 is 24.3 Å². The number of nitrogens with one attached hydrogen (secondary N) is 1. The minimum Gasteiger partial charge on any atom is -0.545 e. The summed E-state index contributed by atoms with van der Waals surface area (Å²) in [5.74, 6) is -2.36. The van der Waals surface area contributed by atoms with Crippen molar-refractivity contribution in [2.24, 2.45) is 23.7 Å². The minimum absolute atomic E-state index is 0.0312. The molecule has 1 heterocycles. The average Bonchev–Trinajstić information content (AvgIpc) is 3.43. The molecule has 1 aliphatic heterocycles. The molecule has 1 saturated carbocycles. The number of aromatic carboxylic acids is 1. The van der Waals surface area contributed by atoms with E-state index >= 15 is 0 Å². The number of carboxylic acid groups (broad SMARTS) is 1. The number of carboxylic acids is 1. The van der Waals surface area contributed by atoms with Crippen LogP contribution in [0.25, 0.3) is 0 Å². The fourth-order valence-corrected chi connectivity index (χ4v) is 5.00. The van der Waals surface area contributed by atoms with Gasteiger partial charge in [-0.25, -0.2) is 0 Å². The van der Waals surface area contributed by atoms with Gasteiger partial charge in [0.25, 0.3) is 5.91 Å². The third-order valence-corrected chi connectivity index (χ3v) is 6.58. The van der Waals surface area contributed by atoms with Crippen molar-refractivity contribution in [2.45, 2.75) is 13.3 Å². The molecule has 0 unspecified atom stereocenters. The number of carbonyl (C=O) groups is 4. The highest BCUT2D eigenvalue weighted by Crippen LogP contribution is 2.53. The van der Waals surface area contributed by atoms with E-state index in [0.717, 1.165) is 6.42 Å². The summed E-state index contributed by atoms with van der Waals surface area (Å²) in [5, 5.41) is 13.8. The molecule has 2 bridgehead atoms. The number of hydrogen-bond donors (Lipinski definition) is 1. The molecular formula is C24H19N2O5-. The van der Waals surface area contributed by atoms with E-state index in [1.165, 1.54) is 17.0 Å². The van der Waals surface area contributed by atoms with Gasteiger partial charge in [0.05, 0.1) is 23.5 Å². The van der Waals surface area contributed by atoms with Crippen molar-refractivity contribution in [1.29, 1.82) is 0 Å². The first-order valence-corrected chi connectivity index (χ1v) is 10.1. The van der Waals surface area contributed by atoms with Crippen molar-refractivity contribution in [3.63, 3.8) is 0 Å². The SMILES string of the molecule is Cc1ccc(C(=O)[O-])cc1NC(=O)c1ccc(N2C(=O)[C@@H]3[C@@H](C2=O)[C@@H]2C=C[C@@H]3C2)cc1. The molecule has 1 saturated heterocycles. The van der Waals surface area contributed by atoms with Crippen LogP contribution >= 0.6 is 0 Å². The van der Waals surface area contributed by atoms with Crippen LogP contribution < -0.4 is 15.3 Å². The van der Waals surface area contributed by atoms with Gasteiger partial charge < -0.3 is 15.2 Å². The number of aryl methyl sites for hydroxylation is 1. The van der Waals surface area contributed by atoms with Crippen LogP contribution in [0.1, 0.15) is 32.7 Å². The fraction of sp³-hybridized carbons (Fsp3) is 0.250. The van der Waals surface area contributed by atoms with E-state index in [1.807, 2.05) is 12.2 Å². The van der Waals surface area contributed by atoms with Gasteiger partial charge in [0.2, 0.25) is 11.8 Å². The summed E-state index contributed by atoms with van der Waals surface area (Å²) in [5.41, 5.74) is 1.82. The number of imide groups is 1. The van der Waals surface area contributed by atoms with Crippen LogP contribution in [-0.4, -0.2) is 23.7 Å². The molecule has 31 heavy (non-hydrogen) atoms. The summed E-state index contributed by atoms with van der Waals surface area (Å²) in [6.45, 7) is 1.75. The second kappa shape index (κ2) is 6.91. The minimum atomic E-state index is -1.33. The Kier molecular flexibility index (Phi) is 4.28. The maximum Gasteiger partial charge on any atom is 0.255 e. The maximum atomic E-state index is 12.9. The lowest BCUT2D eigenvalue weighted by Gasteiger charge is -2.17. The van der Waals surface area contributed by atoms with Crippen LogP contribution in [0.2, 0.25) is 0 Å². The van der Waals surface area contributed by atoms with Gasteiger partial charge in [0, 0.05) is 11.3 Å². The lowest BCUT2D eigenvalue weighted by Crippen LogP contribution is -2.32. The smallest absolute Gasteiger partial charge is 0.255 e. The Labute approximate surface area is 178 Å². The van der Waals surface area contributed by atoms with Gasteiger partial charge in [-0.05, 0) is 66.6 Å². The van der Waals surface area contributed by atoms with Crippen LogP contribution in [0.4, 0.5) is 11.4 Å². The number of nitrogens with zero attached hydrogens (tertiary/aromatic N) is 1. The molecule has 2 aromatic carbocycles. The second-order valence-corrected chi connectivity index (χ2v) is 8.33. The second-order valence-electron chi connectivity index (χ2n) is 8.33. The van der Waals surface area contributed by atoms with E-state index < -0.39 is 11.9 Å². The van der Waals surface area contributed by atoms with Gasteiger partial charge in [-0.15, -0.1) is 0 Å². The largest absolute Gasteiger partial charge is 0.545 e. The maximum absolute atomic E-state index is 12.9. The molecule has 7 heteroatoms. The molecule has 1 N–H and O–H groups in total. The van der Waals surface area contributed by atoms with Crippen molar-refractivity contribution in [3.05, 3.63) is 71.3 Å². The first-order chi connectivity index (χ1) is 14.8. The molecule has 0 spiro atoms. The predicted octanol–water partition coefficient (Wildman–Crippen LogP) is 1.92. The van der Waals surface area contributed by atoms with Gasteiger partial charge in [-0.1, -0.05) is 24.3 Å². The standard InChI is InChI=1S/C24H20N2O5/c1-12-2-3-16(24(30)31)11-18(12)25-21(27)13-6-8-17(9-7-13)26-22(28)19-14-4-5-15(10-14)20(19)23(26)29/h2-9,11,14-15,19-20H,10H2,1H3,(H,25,27)(H,30,31)/p-1/t14-,15-,19+,20+/m1/s1. The fourth-order valence-electron chi connectivity index (χ4n) is 5.00. The van der Waals surface area contributed by atoms with Crippen LogP contribution in [0, 0.1) is 30.6 Å². The summed E-state index contributed by atoms with van der Waals surface area (Å²) in [6, 6.07) is 10.6. The Morgan fingerprint density at radius 1 is 0.935 bits per heavy atom. The normalized spacial score (nSPS) is 25.8. The van der Waals surface area contributed by atoms with E-state index in [2.05, 4.69) is 5.32 Å². The molecule has 3 aliphatic rings. The summed E-state index contributed by atoms with van der Waals surface area (Å²) in [6.07, 6.45) is 4.97. The Hall–Kier alpha value is -3.74. The van der Waals surface area contributed by atoms with Crippen molar-refractivity contribution in [1.82, 2.24) is 0 Å². The zero-order chi connectivity index (χ0) is 21.9. The van der Waals surface area contributed by atoms with E-state index in [9.17, 15) is 24.3 Å². The van der Waals surface area contributed by atoms with Crippen molar-refractivity contribution in [3.8, 4) is 0 Å². The van der Waals surface area contributed by atoms with E-state index in [-0.39, 0.29) is 41.0 Å². The summed E-state index contributed by atoms with van der Waals surface area (Å²) in [7, 11) is 0. The topological polar surface area (TPSA) is 107 Å². The number of rotatable bonds is 4. The third-order valence-electron chi connectivity index (χ3n) is 6.58. The van der Waals surface area contributed by atoms with Crippen molar-refractivity contribution >= 4 is 35.1 Å². The van der Waals surface area contributed by atoms with E-state index in [1.54, 1.807) is 37.3 Å². The average molecular weight is 415 g/mol. The predicted molar refractivity (Wildman–Crippen MR) is 110 cm³/mol. The molecule has 0 radical (unpaired) electrons. The number of fused-ring (bicyclic) bond motifs is 5. The molecule has 3 amide bonds. The number of anilines is 2. The summed E-state index contributed by atoms with van der Waals surface area (Å²) in [4.78, 5) is 50.8. The first kappa shape index (κ1) is 19.2. The van der Waals surface area contributed by atoms with Crippen LogP contribution in [0.15, 0.2) is 54.6 Å². The lowest BCUT2D eigenvalue weighted by atomic mass is 9.85. The molecule has 7 nitrogen and oxygen atoms in total. The lowest BCUT2D eigenvalue weighted by molar-refractivity contribution is -0.255. The Morgan fingerprint density at radius 2 is 1.52 bits per heavy atom. The molecule has 0 aromatic heterocycles. The highest BCUT2D eigenvalue weighted by Gasteiger charge is 2.59. The molecule has 5 rings (SSSR count). The quantitative estimate of drug-likeness (QED) is 0.607. The number of allylic oxidation sites excluding steroid dienone is 2. The highest BCUT2D eigenvalue weighted by molar-refractivity contribution is 6.23. The monoisotopic (exact) mass is 415 g/mol.